The number of aromatic nitrogens is 2. The normalized spacial score (nSPS) is 25.7. The predicted octanol–water partition coefficient (Wildman–Crippen LogP) is 6.00. The van der Waals surface area contributed by atoms with Gasteiger partial charge in [-0.2, -0.15) is 0 Å². The molecular formula is C30H36ClN5O2. The summed E-state index contributed by atoms with van der Waals surface area (Å²) in [5.74, 6) is 3.11. The van der Waals surface area contributed by atoms with Crippen LogP contribution in [0.5, 0.6) is 5.75 Å². The number of H-pyrrole nitrogens is 1. The highest BCUT2D eigenvalue weighted by molar-refractivity contribution is 6.30. The van der Waals surface area contributed by atoms with Crippen LogP contribution in [0.2, 0.25) is 5.02 Å². The maximum Gasteiger partial charge on any atom is 0.321 e. The number of nitrogens with one attached hydrogen (secondary N) is 3. The molecule has 1 aromatic heterocycles. The number of rotatable bonds is 6. The lowest BCUT2D eigenvalue weighted by Crippen LogP contribution is -2.54. The number of anilines is 1. The molecule has 6 rings (SSSR count). The second-order valence-corrected chi connectivity index (χ2v) is 11.6. The molecule has 200 valence electrons. The van der Waals surface area contributed by atoms with Crippen molar-refractivity contribution < 1.29 is 9.53 Å². The van der Waals surface area contributed by atoms with Crippen LogP contribution < -0.4 is 15.4 Å². The van der Waals surface area contributed by atoms with Crippen LogP contribution in [0.3, 0.4) is 0 Å². The number of likely N-dealkylation sites (tertiary alicyclic amines) is 1. The average Bonchev–Trinajstić information content (AvgIpc) is 3.43. The summed E-state index contributed by atoms with van der Waals surface area (Å²) >= 11 is 6.02. The number of amides is 2. The first-order valence-corrected chi connectivity index (χ1v) is 14.3. The molecule has 3 aromatic rings. The highest BCUT2D eigenvalue weighted by Crippen LogP contribution is 2.34. The molecule has 4 heterocycles. The third-order valence-electron chi connectivity index (χ3n) is 8.37. The van der Waals surface area contributed by atoms with Gasteiger partial charge in [-0.1, -0.05) is 23.7 Å². The van der Waals surface area contributed by atoms with Gasteiger partial charge in [-0.25, -0.2) is 9.78 Å². The molecule has 0 saturated carbocycles. The summed E-state index contributed by atoms with van der Waals surface area (Å²) in [6.45, 7) is 1.50. The smallest absolute Gasteiger partial charge is 0.321 e. The van der Waals surface area contributed by atoms with Crippen LogP contribution in [0, 0.1) is 5.92 Å². The Kier molecular flexibility index (Phi) is 7.56. The second kappa shape index (κ2) is 11.4. The van der Waals surface area contributed by atoms with Crippen LogP contribution in [-0.4, -0.2) is 52.2 Å². The van der Waals surface area contributed by atoms with Crippen molar-refractivity contribution >= 4 is 23.3 Å². The van der Waals surface area contributed by atoms with Crippen LogP contribution in [0.4, 0.5) is 10.5 Å². The van der Waals surface area contributed by atoms with Crippen molar-refractivity contribution in [3.63, 3.8) is 0 Å². The average molecular weight is 534 g/mol. The van der Waals surface area contributed by atoms with Gasteiger partial charge in [-0.15, -0.1) is 0 Å². The maximum atomic E-state index is 12.8. The number of carbonyl (C=O) groups excluding carboxylic acids is 1. The molecule has 38 heavy (non-hydrogen) atoms. The Morgan fingerprint density at radius 3 is 2.37 bits per heavy atom. The van der Waals surface area contributed by atoms with Gasteiger partial charge in [-0.05, 0) is 92.3 Å². The molecule has 4 atom stereocenters. The monoisotopic (exact) mass is 533 g/mol. The maximum absolute atomic E-state index is 12.8. The van der Waals surface area contributed by atoms with Gasteiger partial charge in [0.2, 0.25) is 0 Å². The summed E-state index contributed by atoms with van der Waals surface area (Å²) in [7, 11) is 0. The Labute approximate surface area is 229 Å². The van der Waals surface area contributed by atoms with Gasteiger partial charge in [-0.3, -0.25) is 0 Å². The number of nitrogens with zero attached hydrogens (tertiary/aromatic N) is 2. The molecule has 8 heteroatoms. The molecule has 3 aliphatic rings. The fourth-order valence-electron chi connectivity index (χ4n) is 6.54. The summed E-state index contributed by atoms with van der Waals surface area (Å²) in [5, 5.41) is 7.60. The van der Waals surface area contributed by atoms with Gasteiger partial charge >= 0.3 is 6.03 Å². The minimum absolute atomic E-state index is 0.0384. The lowest BCUT2D eigenvalue weighted by atomic mass is 9.78. The molecule has 3 fully saturated rings. The Balaban J connectivity index is 0.958. The Morgan fingerprint density at radius 1 is 1.00 bits per heavy atom. The van der Waals surface area contributed by atoms with E-state index in [0.29, 0.717) is 23.9 Å². The molecule has 3 N–H and O–H groups in total. The molecule has 2 aromatic carbocycles. The highest BCUT2D eigenvalue weighted by Gasteiger charge is 2.36. The van der Waals surface area contributed by atoms with E-state index in [9.17, 15) is 4.79 Å². The number of ether oxygens (including phenoxy) is 1. The molecule has 7 nitrogen and oxygen atoms in total. The van der Waals surface area contributed by atoms with Gasteiger partial charge in [0.1, 0.15) is 17.7 Å². The lowest BCUT2D eigenvalue weighted by Gasteiger charge is -2.43. The van der Waals surface area contributed by atoms with Crippen LogP contribution in [0.1, 0.15) is 55.8 Å². The first kappa shape index (κ1) is 25.3. The van der Waals surface area contributed by atoms with Gasteiger partial charge in [0, 0.05) is 54.7 Å². The van der Waals surface area contributed by atoms with Crippen molar-refractivity contribution in [2.45, 2.75) is 69.1 Å². The van der Waals surface area contributed by atoms with Crippen molar-refractivity contribution in [3.05, 3.63) is 77.3 Å². The number of halogens is 1. The molecule has 1 unspecified atom stereocenters. The highest BCUT2D eigenvalue weighted by atomic mass is 35.5. The molecule has 2 amide bonds. The predicted molar refractivity (Wildman–Crippen MR) is 150 cm³/mol. The lowest BCUT2D eigenvalue weighted by molar-refractivity contribution is 0.0737. The number of hydrogen-bond acceptors (Lipinski definition) is 4. The Morgan fingerprint density at radius 2 is 1.71 bits per heavy atom. The summed E-state index contributed by atoms with van der Waals surface area (Å²) in [5.41, 5.74) is 2.10. The molecule has 0 radical (unpaired) electrons. The number of fused-ring (bicyclic) bond motifs is 2. The van der Waals surface area contributed by atoms with E-state index in [1.165, 1.54) is 18.4 Å². The Bertz CT molecular complexity index is 1180. The van der Waals surface area contributed by atoms with E-state index in [-0.39, 0.29) is 12.1 Å². The number of hydrogen-bond donors (Lipinski definition) is 3. The number of urea groups is 1. The third kappa shape index (κ3) is 6.16. The molecule has 0 aliphatic carbocycles. The van der Waals surface area contributed by atoms with E-state index in [1.807, 2.05) is 53.7 Å². The molecule has 0 spiro atoms. The van der Waals surface area contributed by atoms with E-state index in [4.69, 9.17) is 16.3 Å². The first-order valence-electron chi connectivity index (χ1n) is 13.9. The van der Waals surface area contributed by atoms with Crippen molar-refractivity contribution in [2.24, 2.45) is 5.92 Å². The molecule has 3 saturated heterocycles. The standard InChI is InChI=1S/C30H36ClN5O2/c31-23-3-1-21(2-4-23)22-9-13-36(14-10-22)30(37)35-24-5-7-27(8-6-24)38-28-18-25-15-20(16-26(19-28)34-25)17-29-32-11-12-33-29/h1-8,11-12,20,22,25-26,28,34H,9-10,13-19H2,(H,32,33)(H,35,37)/t20?,25-,26+,28+. The van der Waals surface area contributed by atoms with E-state index in [0.717, 1.165) is 67.5 Å². The Hall–Kier alpha value is -3.03. The number of aromatic amines is 1. The van der Waals surface area contributed by atoms with Crippen LogP contribution in [0.15, 0.2) is 60.9 Å². The molecular weight excluding hydrogens is 498 g/mol. The summed E-state index contributed by atoms with van der Waals surface area (Å²) in [4.78, 5) is 22.4. The SMILES string of the molecule is O=C(Nc1ccc(O[C@H]2C[C@H]3CC(Cc4ncc[nH]4)C[C@@H](C2)N3)cc1)N1CCC(c2ccc(Cl)cc2)CC1. The molecule has 3 aliphatic heterocycles. The number of carbonyl (C=O) groups is 1. The van der Waals surface area contributed by atoms with Crippen molar-refractivity contribution in [3.8, 4) is 5.75 Å². The fraction of sp³-hybridized carbons (Fsp3) is 0.467. The van der Waals surface area contributed by atoms with Crippen LogP contribution in [0.25, 0.3) is 0 Å². The molecule has 2 bridgehead atoms. The van der Waals surface area contributed by atoms with E-state index >= 15 is 0 Å². The van der Waals surface area contributed by atoms with Gasteiger partial charge in [0.05, 0.1) is 0 Å². The third-order valence-corrected chi connectivity index (χ3v) is 8.62. The van der Waals surface area contributed by atoms with Gasteiger partial charge in [0.25, 0.3) is 0 Å². The van der Waals surface area contributed by atoms with Crippen LogP contribution in [-0.2, 0) is 6.42 Å². The van der Waals surface area contributed by atoms with Crippen molar-refractivity contribution in [1.82, 2.24) is 20.2 Å². The second-order valence-electron chi connectivity index (χ2n) is 11.1. The van der Waals surface area contributed by atoms with Crippen molar-refractivity contribution in [1.29, 1.82) is 0 Å². The van der Waals surface area contributed by atoms with E-state index in [2.05, 4.69) is 32.7 Å². The minimum atomic E-state index is -0.0384. The number of imidazole rings is 1. The van der Waals surface area contributed by atoms with Gasteiger partial charge in [0.15, 0.2) is 0 Å². The number of piperidine rings is 3. The van der Waals surface area contributed by atoms with Crippen molar-refractivity contribution in [2.75, 3.05) is 18.4 Å². The zero-order chi connectivity index (χ0) is 25.9. The zero-order valence-electron chi connectivity index (χ0n) is 21.6. The van der Waals surface area contributed by atoms with Gasteiger partial charge < -0.3 is 25.3 Å². The summed E-state index contributed by atoms with van der Waals surface area (Å²) < 4.78 is 6.38. The zero-order valence-corrected chi connectivity index (χ0v) is 22.4. The quantitative estimate of drug-likeness (QED) is 0.363. The largest absolute Gasteiger partial charge is 0.490 e. The summed E-state index contributed by atoms with van der Waals surface area (Å²) in [6, 6.07) is 16.9. The van der Waals surface area contributed by atoms with E-state index in [1.54, 1.807) is 0 Å². The number of benzene rings is 2. The van der Waals surface area contributed by atoms with Crippen LogP contribution >= 0.6 is 11.6 Å². The fourth-order valence-corrected chi connectivity index (χ4v) is 6.66. The first-order chi connectivity index (χ1) is 18.6. The minimum Gasteiger partial charge on any atom is -0.490 e. The topological polar surface area (TPSA) is 82.3 Å². The summed E-state index contributed by atoms with van der Waals surface area (Å²) in [6.07, 6.45) is 11.3. The van der Waals surface area contributed by atoms with E-state index < -0.39 is 0 Å².